The highest BCUT2D eigenvalue weighted by Crippen LogP contribution is 2.35. The van der Waals surface area contributed by atoms with Crippen LogP contribution in [0.1, 0.15) is 15.9 Å². The predicted octanol–water partition coefficient (Wildman–Crippen LogP) is 3.78. The van der Waals surface area contributed by atoms with Crippen LogP contribution in [0, 0.1) is 20.2 Å². The van der Waals surface area contributed by atoms with Crippen LogP contribution >= 0.6 is 0 Å². The fraction of sp³-hybridized carbons (Fsp3) is 0.0435. The number of carbonyl (C=O) groups is 1. The molecular weight excluding hydrogens is 468 g/mol. The molecule has 180 valence electrons. The number of hydrogen-bond acceptors (Lipinski definition) is 10. The van der Waals surface area contributed by atoms with Gasteiger partial charge in [-0.05, 0) is 23.8 Å². The second kappa shape index (κ2) is 10.6. The molecular formula is C23H18N8O5. The fourth-order valence-corrected chi connectivity index (χ4v) is 3.32. The lowest BCUT2D eigenvalue weighted by molar-refractivity contribution is -0.384. The van der Waals surface area contributed by atoms with Gasteiger partial charge in [0.15, 0.2) is 0 Å². The van der Waals surface area contributed by atoms with Crippen molar-refractivity contribution in [2.75, 3.05) is 10.3 Å². The van der Waals surface area contributed by atoms with Crippen LogP contribution in [0.3, 0.4) is 0 Å². The Morgan fingerprint density at radius 3 is 2.36 bits per heavy atom. The molecule has 0 fully saturated rings. The Kier molecular flexibility index (Phi) is 7.01. The minimum absolute atomic E-state index is 0.0205. The molecule has 0 saturated heterocycles. The Morgan fingerprint density at radius 2 is 1.67 bits per heavy atom. The zero-order valence-corrected chi connectivity index (χ0v) is 18.5. The van der Waals surface area contributed by atoms with Crippen LogP contribution in [0.4, 0.5) is 28.8 Å². The molecule has 0 unspecified atom stereocenters. The third-order valence-corrected chi connectivity index (χ3v) is 4.96. The van der Waals surface area contributed by atoms with Crippen molar-refractivity contribution in [1.82, 2.24) is 20.4 Å². The fourth-order valence-electron chi connectivity index (χ4n) is 3.32. The van der Waals surface area contributed by atoms with E-state index in [1.165, 1.54) is 18.2 Å². The summed E-state index contributed by atoms with van der Waals surface area (Å²) in [7, 11) is 0. The summed E-state index contributed by atoms with van der Waals surface area (Å²) in [6.07, 6.45) is 2.67. The third-order valence-electron chi connectivity index (χ3n) is 4.96. The Bertz CT molecular complexity index is 1400. The molecule has 0 bridgehead atoms. The van der Waals surface area contributed by atoms with Crippen LogP contribution in [-0.2, 0) is 6.54 Å². The number of aromatic nitrogens is 3. The van der Waals surface area contributed by atoms with Crippen LogP contribution in [0.2, 0.25) is 0 Å². The van der Waals surface area contributed by atoms with Gasteiger partial charge in [0.05, 0.1) is 16.4 Å². The topological polar surface area (TPSA) is 169 Å². The maximum atomic E-state index is 12.5. The van der Waals surface area contributed by atoms with Crippen molar-refractivity contribution in [2.24, 2.45) is 0 Å². The standard InChI is InChI=1S/C23H18N8O5/c32-23(17-9-6-10-18(13-17)30(33)34)28-27-21-20(31(35)36)22(26-15-25-21)29(19-11-4-5-12-24-19)14-16-7-2-1-3-8-16/h1-13,15H,14H2,(H,28,32)(H,25,26,27). The number of anilines is 3. The number of hydrogen-bond donors (Lipinski definition) is 2. The van der Waals surface area contributed by atoms with Crippen molar-refractivity contribution < 1.29 is 14.6 Å². The zero-order valence-electron chi connectivity index (χ0n) is 18.5. The average Bonchev–Trinajstić information content (AvgIpc) is 2.91. The van der Waals surface area contributed by atoms with Gasteiger partial charge in [0.1, 0.15) is 12.1 Å². The lowest BCUT2D eigenvalue weighted by atomic mass is 10.2. The molecule has 36 heavy (non-hydrogen) atoms. The minimum Gasteiger partial charge on any atom is -0.301 e. The summed E-state index contributed by atoms with van der Waals surface area (Å²) in [4.78, 5) is 48.3. The van der Waals surface area contributed by atoms with E-state index in [0.717, 1.165) is 18.0 Å². The second-order valence-corrected chi connectivity index (χ2v) is 7.30. The van der Waals surface area contributed by atoms with Gasteiger partial charge in [-0.15, -0.1) is 0 Å². The highest BCUT2D eigenvalue weighted by Gasteiger charge is 2.29. The molecule has 0 atom stereocenters. The first-order chi connectivity index (χ1) is 17.4. The largest absolute Gasteiger partial charge is 0.355 e. The summed E-state index contributed by atoms with van der Waals surface area (Å²) < 4.78 is 0. The summed E-state index contributed by atoms with van der Waals surface area (Å²) >= 11 is 0. The Balaban J connectivity index is 1.67. The van der Waals surface area contributed by atoms with Gasteiger partial charge < -0.3 is 4.90 Å². The number of hydrazine groups is 1. The summed E-state index contributed by atoms with van der Waals surface area (Å²) in [6.45, 7) is 0.217. The van der Waals surface area contributed by atoms with Crippen molar-refractivity contribution in [3.05, 3.63) is 117 Å². The van der Waals surface area contributed by atoms with E-state index >= 15 is 0 Å². The molecule has 0 aliphatic carbocycles. The molecule has 2 aromatic heterocycles. The number of nitro benzene ring substituents is 1. The average molecular weight is 486 g/mol. The number of nitrogens with one attached hydrogen (secondary N) is 2. The smallest absolute Gasteiger partial charge is 0.301 e. The molecule has 0 spiro atoms. The SMILES string of the molecule is O=C(NNc1ncnc(N(Cc2ccccc2)c2ccccn2)c1[N+](=O)[O-])c1cccc([N+](=O)[O-])c1. The molecule has 0 aliphatic rings. The Labute approximate surface area is 203 Å². The first-order valence-electron chi connectivity index (χ1n) is 10.5. The van der Waals surface area contributed by atoms with Gasteiger partial charge in [0.2, 0.25) is 11.6 Å². The zero-order chi connectivity index (χ0) is 25.5. The highest BCUT2D eigenvalue weighted by atomic mass is 16.6. The first-order valence-corrected chi connectivity index (χ1v) is 10.5. The Hall–Kier alpha value is -5.46. The van der Waals surface area contributed by atoms with Crippen molar-refractivity contribution in [1.29, 1.82) is 0 Å². The van der Waals surface area contributed by atoms with Gasteiger partial charge in [-0.1, -0.05) is 42.5 Å². The van der Waals surface area contributed by atoms with Gasteiger partial charge in [0, 0.05) is 23.9 Å². The van der Waals surface area contributed by atoms with Crippen molar-refractivity contribution in [2.45, 2.75) is 6.54 Å². The molecule has 1 amide bonds. The van der Waals surface area contributed by atoms with Crippen LogP contribution in [0.5, 0.6) is 0 Å². The molecule has 2 heterocycles. The van der Waals surface area contributed by atoms with Gasteiger partial charge in [-0.3, -0.25) is 35.9 Å². The lowest BCUT2D eigenvalue weighted by Crippen LogP contribution is -2.30. The highest BCUT2D eigenvalue weighted by molar-refractivity contribution is 5.95. The maximum absolute atomic E-state index is 12.5. The van der Waals surface area contributed by atoms with Gasteiger partial charge in [-0.25, -0.2) is 15.0 Å². The van der Waals surface area contributed by atoms with E-state index in [1.54, 1.807) is 29.3 Å². The van der Waals surface area contributed by atoms with Gasteiger partial charge in [0.25, 0.3) is 11.6 Å². The first kappa shape index (κ1) is 23.7. The number of nitrogens with zero attached hydrogens (tertiary/aromatic N) is 6. The number of nitro groups is 2. The summed E-state index contributed by atoms with van der Waals surface area (Å²) in [5, 5.41) is 23.1. The Morgan fingerprint density at radius 1 is 0.889 bits per heavy atom. The van der Waals surface area contributed by atoms with E-state index in [0.29, 0.717) is 5.82 Å². The number of pyridine rings is 1. The quantitative estimate of drug-likeness (QED) is 0.262. The molecule has 0 aliphatic heterocycles. The summed E-state index contributed by atoms with van der Waals surface area (Å²) in [5.41, 5.74) is 4.79. The van der Waals surface area contributed by atoms with Crippen LogP contribution in [0.25, 0.3) is 0 Å². The van der Waals surface area contributed by atoms with E-state index < -0.39 is 21.4 Å². The van der Waals surface area contributed by atoms with Crippen molar-refractivity contribution in [3.8, 4) is 0 Å². The molecule has 4 rings (SSSR count). The normalized spacial score (nSPS) is 10.3. The lowest BCUT2D eigenvalue weighted by Gasteiger charge is -2.23. The predicted molar refractivity (Wildman–Crippen MR) is 129 cm³/mol. The molecule has 0 saturated carbocycles. The number of carbonyl (C=O) groups excluding carboxylic acids is 1. The molecule has 0 radical (unpaired) electrons. The molecule has 13 heteroatoms. The van der Waals surface area contributed by atoms with Gasteiger partial charge >= 0.3 is 5.69 Å². The van der Waals surface area contributed by atoms with Crippen molar-refractivity contribution in [3.63, 3.8) is 0 Å². The number of rotatable bonds is 9. The molecule has 2 N–H and O–H groups in total. The number of non-ortho nitro benzene ring substituents is 1. The molecule has 13 nitrogen and oxygen atoms in total. The summed E-state index contributed by atoms with van der Waals surface area (Å²) in [6, 6.07) is 19.5. The number of amides is 1. The van der Waals surface area contributed by atoms with Crippen LogP contribution in [0.15, 0.2) is 85.3 Å². The second-order valence-electron chi connectivity index (χ2n) is 7.30. The van der Waals surface area contributed by atoms with Crippen LogP contribution < -0.4 is 15.8 Å². The summed E-state index contributed by atoms with van der Waals surface area (Å²) in [5.74, 6) is -0.670. The molecule has 4 aromatic rings. The third kappa shape index (κ3) is 5.36. The van der Waals surface area contributed by atoms with E-state index in [9.17, 15) is 25.0 Å². The number of benzene rings is 2. The van der Waals surface area contributed by atoms with E-state index in [1.807, 2.05) is 30.3 Å². The van der Waals surface area contributed by atoms with E-state index in [-0.39, 0.29) is 29.4 Å². The minimum atomic E-state index is -0.751. The van der Waals surface area contributed by atoms with E-state index in [4.69, 9.17) is 0 Å². The maximum Gasteiger partial charge on any atom is 0.355 e. The van der Waals surface area contributed by atoms with E-state index in [2.05, 4.69) is 25.8 Å². The molecule has 2 aromatic carbocycles. The monoisotopic (exact) mass is 486 g/mol. The van der Waals surface area contributed by atoms with Gasteiger partial charge in [-0.2, -0.15) is 0 Å². The van der Waals surface area contributed by atoms with Crippen LogP contribution in [-0.4, -0.2) is 30.7 Å². The van der Waals surface area contributed by atoms with Crippen molar-refractivity contribution >= 4 is 34.7 Å².